The Kier molecular flexibility index (Phi) is 6.79. The van der Waals surface area contributed by atoms with Gasteiger partial charge in [-0.05, 0) is 28.8 Å². The minimum atomic E-state index is -0.640. The monoisotopic (exact) mass is 487 g/mol. The van der Waals surface area contributed by atoms with E-state index in [1.165, 1.54) is 0 Å². The number of carbonyl (C=O) groups excluding carboxylic acids is 1. The summed E-state index contributed by atoms with van der Waals surface area (Å²) in [5.41, 5.74) is 3.00. The molecule has 3 aromatic carbocycles. The van der Waals surface area contributed by atoms with Crippen molar-refractivity contribution in [3.63, 3.8) is 0 Å². The van der Waals surface area contributed by atoms with Crippen molar-refractivity contribution in [1.29, 1.82) is 0 Å². The van der Waals surface area contributed by atoms with Crippen molar-refractivity contribution in [2.45, 2.75) is 31.2 Å². The normalized spacial score (nSPS) is 17.6. The number of rotatable bonds is 6. The molecule has 2 atom stereocenters. The van der Waals surface area contributed by atoms with Crippen molar-refractivity contribution in [1.82, 2.24) is 25.0 Å². The van der Waals surface area contributed by atoms with Gasteiger partial charge in [0.25, 0.3) is 0 Å². The number of amides is 2. The van der Waals surface area contributed by atoms with E-state index in [1.807, 2.05) is 89.5 Å². The lowest BCUT2D eigenvalue weighted by atomic mass is 9.99. The molecule has 0 spiro atoms. The number of aliphatic hydroxyl groups is 1. The van der Waals surface area contributed by atoms with Crippen LogP contribution in [-0.2, 0) is 6.54 Å². The van der Waals surface area contributed by atoms with E-state index in [1.54, 1.807) is 11.2 Å². The Morgan fingerprint density at radius 3 is 2.26 bits per heavy atom. The third-order valence-electron chi connectivity index (χ3n) is 6.28. The molecule has 2 N–H and O–H groups in total. The van der Waals surface area contributed by atoms with Crippen LogP contribution in [0, 0.1) is 0 Å². The number of likely N-dealkylation sites (tertiary alicyclic amines) is 1. The Labute approximate surface area is 209 Å². The molecule has 2 unspecified atom stereocenters. The Hall–Kier alpha value is -3.68. The van der Waals surface area contributed by atoms with E-state index < -0.39 is 12.1 Å². The zero-order valence-electron chi connectivity index (χ0n) is 19.0. The average Bonchev–Trinajstić information content (AvgIpc) is 3.51. The molecular formula is C27H26ClN5O2. The summed E-state index contributed by atoms with van der Waals surface area (Å²) >= 11 is 6.02. The minimum absolute atomic E-state index is 0.223. The molecule has 35 heavy (non-hydrogen) atoms. The average molecular weight is 488 g/mol. The van der Waals surface area contributed by atoms with E-state index >= 15 is 0 Å². The topological polar surface area (TPSA) is 83.3 Å². The van der Waals surface area contributed by atoms with Gasteiger partial charge in [0.15, 0.2) is 5.82 Å². The van der Waals surface area contributed by atoms with Crippen molar-refractivity contribution < 1.29 is 9.90 Å². The molecule has 0 saturated carbocycles. The second kappa shape index (κ2) is 10.3. The van der Waals surface area contributed by atoms with Gasteiger partial charge in [-0.15, -0.1) is 10.2 Å². The highest BCUT2D eigenvalue weighted by atomic mass is 35.5. The second-order valence-electron chi connectivity index (χ2n) is 8.71. The van der Waals surface area contributed by atoms with Crippen LogP contribution in [0.4, 0.5) is 4.79 Å². The standard InChI is InChI=1S/C27H26ClN5O2/c28-22-13-11-19(12-14-22)16-32-18-29-31-26(32)24-15-23(34)17-33(24)27(35)30-25(20-7-3-1-4-8-20)21-9-5-2-6-10-21/h1-14,18,23-25,34H,15-17H2,(H,30,35). The van der Waals surface area contributed by atoms with E-state index in [0.29, 0.717) is 23.8 Å². The maximum Gasteiger partial charge on any atom is 0.318 e. The number of benzene rings is 3. The number of β-amino-alcohol motifs (C(OH)–C–C–N with tert-alkyl or cyclic N) is 1. The summed E-state index contributed by atoms with van der Waals surface area (Å²) in [6.45, 7) is 0.763. The molecule has 1 fully saturated rings. The van der Waals surface area contributed by atoms with Crippen molar-refractivity contribution in [3.05, 3.63) is 119 Å². The molecule has 2 heterocycles. The first kappa shape index (κ1) is 23.1. The first-order valence-corrected chi connectivity index (χ1v) is 11.9. The molecule has 1 saturated heterocycles. The zero-order chi connectivity index (χ0) is 24.2. The summed E-state index contributed by atoms with van der Waals surface area (Å²) in [6, 6.07) is 26.3. The van der Waals surface area contributed by atoms with E-state index in [2.05, 4.69) is 15.5 Å². The van der Waals surface area contributed by atoms with Crippen molar-refractivity contribution in [2.75, 3.05) is 6.54 Å². The highest BCUT2D eigenvalue weighted by Crippen LogP contribution is 2.32. The van der Waals surface area contributed by atoms with E-state index in [-0.39, 0.29) is 18.6 Å². The molecule has 0 aliphatic carbocycles. The van der Waals surface area contributed by atoms with Crippen molar-refractivity contribution >= 4 is 17.6 Å². The molecular weight excluding hydrogens is 462 g/mol. The molecule has 4 aromatic rings. The molecule has 7 nitrogen and oxygen atoms in total. The lowest BCUT2D eigenvalue weighted by molar-refractivity contribution is 0.167. The van der Waals surface area contributed by atoms with Crippen LogP contribution in [0.2, 0.25) is 5.02 Å². The number of nitrogens with one attached hydrogen (secondary N) is 1. The third-order valence-corrected chi connectivity index (χ3v) is 6.54. The minimum Gasteiger partial charge on any atom is -0.391 e. The van der Waals surface area contributed by atoms with Crippen LogP contribution in [0.15, 0.2) is 91.3 Å². The molecule has 1 aliphatic rings. The molecule has 1 aliphatic heterocycles. The maximum atomic E-state index is 13.6. The predicted octanol–water partition coefficient (Wildman–Crippen LogP) is 4.59. The van der Waals surface area contributed by atoms with Gasteiger partial charge >= 0.3 is 6.03 Å². The first-order chi connectivity index (χ1) is 17.1. The molecule has 0 radical (unpaired) electrons. The number of hydrogen-bond donors (Lipinski definition) is 2. The van der Waals surface area contributed by atoms with Crippen LogP contribution >= 0.6 is 11.6 Å². The van der Waals surface area contributed by atoms with E-state index in [4.69, 9.17) is 11.6 Å². The summed E-state index contributed by atoms with van der Waals surface area (Å²) in [4.78, 5) is 15.3. The van der Waals surface area contributed by atoms with Crippen molar-refractivity contribution in [3.8, 4) is 0 Å². The lowest BCUT2D eigenvalue weighted by Gasteiger charge is -2.28. The van der Waals surface area contributed by atoms with Crippen LogP contribution in [-0.4, -0.2) is 43.5 Å². The van der Waals surface area contributed by atoms with E-state index in [0.717, 1.165) is 16.7 Å². The Bertz CT molecular complexity index is 1220. The lowest BCUT2D eigenvalue weighted by Crippen LogP contribution is -2.42. The number of nitrogens with zero attached hydrogens (tertiary/aromatic N) is 4. The molecule has 1 aromatic heterocycles. The number of hydrogen-bond acceptors (Lipinski definition) is 4. The Morgan fingerprint density at radius 1 is 1.00 bits per heavy atom. The fourth-order valence-electron chi connectivity index (χ4n) is 4.57. The quantitative estimate of drug-likeness (QED) is 0.417. The van der Waals surface area contributed by atoms with Gasteiger partial charge in [-0.2, -0.15) is 0 Å². The third kappa shape index (κ3) is 5.21. The highest BCUT2D eigenvalue weighted by Gasteiger charge is 2.39. The Morgan fingerprint density at radius 2 is 1.63 bits per heavy atom. The first-order valence-electron chi connectivity index (χ1n) is 11.6. The Balaban J connectivity index is 1.40. The van der Waals surface area contributed by atoms with Gasteiger partial charge in [0, 0.05) is 18.0 Å². The van der Waals surface area contributed by atoms with Gasteiger partial charge in [-0.25, -0.2) is 4.79 Å². The van der Waals surface area contributed by atoms with Gasteiger partial charge in [-0.1, -0.05) is 84.4 Å². The maximum absolute atomic E-state index is 13.6. The van der Waals surface area contributed by atoms with Gasteiger partial charge in [0.2, 0.25) is 0 Å². The molecule has 8 heteroatoms. The van der Waals surface area contributed by atoms with Gasteiger partial charge in [0.05, 0.1) is 24.7 Å². The molecule has 2 amide bonds. The van der Waals surface area contributed by atoms with Crippen LogP contribution in [0.25, 0.3) is 0 Å². The molecule has 5 rings (SSSR count). The number of halogens is 1. The summed E-state index contributed by atoms with van der Waals surface area (Å²) in [7, 11) is 0. The zero-order valence-corrected chi connectivity index (χ0v) is 19.8. The fourth-order valence-corrected chi connectivity index (χ4v) is 4.70. The smallest absolute Gasteiger partial charge is 0.318 e. The molecule has 0 bridgehead atoms. The number of aliphatic hydroxyl groups excluding tert-OH is 1. The predicted molar refractivity (Wildman–Crippen MR) is 134 cm³/mol. The second-order valence-corrected chi connectivity index (χ2v) is 9.14. The highest BCUT2D eigenvalue weighted by molar-refractivity contribution is 6.30. The largest absolute Gasteiger partial charge is 0.391 e. The van der Waals surface area contributed by atoms with Crippen molar-refractivity contribution in [2.24, 2.45) is 0 Å². The fraction of sp³-hybridized carbons (Fsp3) is 0.222. The van der Waals surface area contributed by atoms with Gasteiger partial charge in [0.1, 0.15) is 6.33 Å². The SMILES string of the molecule is O=C(NC(c1ccccc1)c1ccccc1)N1CC(O)CC1c1nncn1Cc1ccc(Cl)cc1. The summed E-state index contributed by atoms with van der Waals surface area (Å²) in [6.07, 6.45) is 1.41. The van der Waals surface area contributed by atoms with Gasteiger partial charge < -0.3 is 19.9 Å². The number of urea groups is 1. The summed E-state index contributed by atoms with van der Waals surface area (Å²) < 4.78 is 1.91. The van der Waals surface area contributed by atoms with Gasteiger partial charge in [-0.3, -0.25) is 0 Å². The van der Waals surface area contributed by atoms with Crippen LogP contribution in [0.5, 0.6) is 0 Å². The molecule has 178 valence electrons. The number of carbonyl (C=O) groups is 1. The summed E-state index contributed by atoms with van der Waals surface area (Å²) in [5, 5.41) is 22.8. The van der Waals surface area contributed by atoms with Crippen LogP contribution < -0.4 is 5.32 Å². The van der Waals surface area contributed by atoms with Crippen LogP contribution in [0.1, 0.15) is 41.0 Å². The number of aromatic nitrogens is 3. The summed E-state index contributed by atoms with van der Waals surface area (Å²) in [5.74, 6) is 0.641. The van der Waals surface area contributed by atoms with Crippen LogP contribution in [0.3, 0.4) is 0 Å². The van der Waals surface area contributed by atoms with E-state index in [9.17, 15) is 9.90 Å².